The predicted octanol–water partition coefficient (Wildman–Crippen LogP) is 2.64. The standard InChI is InChI=1S/C17H29NO2/c1-11(2)16(18-7-6-8-19)17(20)15-13(4)9-12(3)10-14(15)5/h9-11,16-20H,6-8H2,1-5H3. The number of nitrogens with one attached hydrogen (secondary N) is 1. The quantitative estimate of drug-likeness (QED) is 0.673. The summed E-state index contributed by atoms with van der Waals surface area (Å²) in [4.78, 5) is 0. The second-order valence-corrected chi connectivity index (χ2v) is 6.06. The van der Waals surface area contributed by atoms with Gasteiger partial charge < -0.3 is 15.5 Å². The molecule has 0 saturated carbocycles. The van der Waals surface area contributed by atoms with E-state index in [0.29, 0.717) is 12.3 Å². The van der Waals surface area contributed by atoms with E-state index < -0.39 is 6.10 Å². The summed E-state index contributed by atoms with van der Waals surface area (Å²) < 4.78 is 0. The van der Waals surface area contributed by atoms with E-state index >= 15 is 0 Å². The van der Waals surface area contributed by atoms with Crippen LogP contribution in [0.5, 0.6) is 0 Å². The smallest absolute Gasteiger partial charge is 0.0950 e. The van der Waals surface area contributed by atoms with Crippen LogP contribution in [0.1, 0.15) is 48.6 Å². The molecular formula is C17H29NO2. The van der Waals surface area contributed by atoms with Crippen molar-refractivity contribution in [3.05, 3.63) is 34.4 Å². The van der Waals surface area contributed by atoms with Crippen LogP contribution in [0.4, 0.5) is 0 Å². The molecule has 2 unspecified atom stereocenters. The van der Waals surface area contributed by atoms with Crippen LogP contribution >= 0.6 is 0 Å². The van der Waals surface area contributed by atoms with E-state index in [2.05, 4.69) is 52.1 Å². The van der Waals surface area contributed by atoms with Crippen LogP contribution in [0, 0.1) is 26.7 Å². The van der Waals surface area contributed by atoms with Gasteiger partial charge in [0.2, 0.25) is 0 Å². The van der Waals surface area contributed by atoms with Gasteiger partial charge in [0, 0.05) is 12.6 Å². The minimum atomic E-state index is -0.519. The second kappa shape index (κ2) is 7.77. The van der Waals surface area contributed by atoms with Gasteiger partial charge in [-0.25, -0.2) is 0 Å². The Balaban J connectivity index is 2.97. The van der Waals surface area contributed by atoms with Crippen molar-refractivity contribution in [2.75, 3.05) is 13.2 Å². The molecule has 3 N–H and O–H groups in total. The number of rotatable bonds is 7. The molecule has 2 atom stereocenters. The van der Waals surface area contributed by atoms with E-state index in [4.69, 9.17) is 5.11 Å². The molecule has 1 aromatic carbocycles. The van der Waals surface area contributed by atoms with E-state index in [1.165, 1.54) is 5.56 Å². The molecule has 114 valence electrons. The number of hydrogen-bond donors (Lipinski definition) is 3. The number of aliphatic hydroxyl groups is 2. The van der Waals surface area contributed by atoms with Crippen LogP contribution in [0.25, 0.3) is 0 Å². The Kier molecular flexibility index (Phi) is 6.66. The third-order valence-corrected chi connectivity index (χ3v) is 3.81. The Labute approximate surface area is 123 Å². The lowest BCUT2D eigenvalue weighted by Gasteiger charge is -2.30. The Morgan fingerprint density at radius 1 is 1.10 bits per heavy atom. The fourth-order valence-electron chi connectivity index (χ4n) is 2.90. The molecule has 0 saturated heterocycles. The third-order valence-electron chi connectivity index (χ3n) is 3.81. The molecule has 20 heavy (non-hydrogen) atoms. The highest BCUT2D eigenvalue weighted by Crippen LogP contribution is 2.28. The van der Waals surface area contributed by atoms with Crippen LogP contribution in [0.15, 0.2) is 12.1 Å². The van der Waals surface area contributed by atoms with Gasteiger partial charge in [-0.05, 0) is 56.3 Å². The molecule has 0 bridgehead atoms. The zero-order valence-corrected chi connectivity index (χ0v) is 13.4. The molecule has 3 nitrogen and oxygen atoms in total. The molecule has 3 heteroatoms. The van der Waals surface area contributed by atoms with Crippen molar-refractivity contribution in [1.82, 2.24) is 5.32 Å². The normalized spacial score (nSPS) is 14.6. The molecule has 0 radical (unpaired) electrons. The fourth-order valence-corrected chi connectivity index (χ4v) is 2.90. The lowest BCUT2D eigenvalue weighted by atomic mass is 9.87. The van der Waals surface area contributed by atoms with Gasteiger partial charge in [0.15, 0.2) is 0 Å². The average molecular weight is 279 g/mol. The van der Waals surface area contributed by atoms with Crippen molar-refractivity contribution in [2.45, 2.75) is 53.2 Å². The highest BCUT2D eigenvalue weighted by Gasteiger charge is 2.26. The summed E-state index contributed by atoms with van der Waals surface area (Å²) in [6, 6.07) is 4.24. The molecule has 0 aliphatic heterocycles. The first kappa shape index (κ1) is 17.2. The zero-order chi connectivity index (χ0) is 15.3. The first-order valence-corrected chi connectivity index (χ1v) is 7.48. The van der Waals surface area contributed by atoms with Crippen molar-refractivity contribution in [2.24, 2.45) is 5.92 Å². The Hall–Kier alpha value is -0.900. The maximum absolute atomic E-state index is 10.8. The Morgan fingerprint density at radius 3 is 2.10 bits per heavy atom. The summed E-state index contributed by atoms with van der Waals surface area (Å²) in [5.41, 5.74) is 4.55. The Bertz CT molecular complexity index is 406. The summed E-state index contributed by atoms with van der Waals surface area (Å²) >= 11 is 0. The molecule has 1 aromatic rings. The van der Waals surface area contributed by atoms with Gasteiger partial charge >= 0.3 is 0 Å². The first-order valence-electron chi connectivity index (χ1n) is 7.48. The number of benzene rings is 1. The minimum absolute atomic E-state index is 0.00153. The number of aliphatic hydroxyl groups excluding tert-OH is 2. The van der Waals surface area contributed by atoms with Crippen LogP contribution in [0.3, 0.4) is 0 Å². The van der Waals surface area contributed by atoms with Gasteiger partial charge in [0.1, 0.15) is 0 Å². The van der Waals surface area contributed by atoms with Crippen molar-refractivity contribution < 1.29 is 10.2 Å². The van der Waals surface area contributed by atoms with Gasteiger partial charge in [-0.2, -0.15) is 0 Å². The topological polar surface area (TPSA) is 52.5 Å². The summed E-state index contributed by atoms with van der Waals surface area (Å²) in [7, 11) is 0. The predicted molar refractivity (Wildman–Crippen MR) is 83.9 cm³/mol. The molecular weight excluding hydrogens is 250 g/mol. The van der Waals surface area contributed by atoms with E-state index in [1.807, 2.05) is 0 Å². The van der Waals surface area contributed by atoms with Crippen molar-refractivity contribution in [1.29, 1.82) is 0 Å². The van der Waals surface area contributed by atoms with Gasteiger partial charge in [-0.15, -0.1) is 0 Å². The van der Waals surface area contributed by atoms with Gasteiger partial charge in [0.25, 0.3) is 0 Å². The first-order chi connectivity index (χ1) is 9.38. The molecule has 0 aromatic heterocycles. The molecule has 0 spiro atoms. The van der Waals surface area contributed by atoms with Crippen molar-refractivity contribution in [3.8, 4) is 0 Å². The average Bonchev–Trinajstić information content (AvgIpc) is 2.32. The maximum atomic E-state index is 10.8. The monoisotopic (exact) mass is 279 g/mol. The van der Waals surface area contributed by atoms with Crippen LogP contribution in [-0.4, -0.2) is 29.4 Å². The van der Waals surface area contributed by atoms with Crippen LogP contribution < -0.4 is 5.32 Å². The summed E-state index contributed by atoms with van der Waals surface area (Å²) in [6.07, 6.45) is 0.191. The largest absolute Gasteiger partial charge is 0.396 e. The van der Waals surface area contributed by atoms with Crippen LogP contribution in [0.2, 0.25) is 0 Å². The fraction of sp³-hybridized carbons (Fsp3) is 0.647. The lowest BCUT2D eigenvalue weighted by Crippen LogP contribution is -2.40. The van der Waals surface area contributed by atoms with Gasteiger partial charge in [-0.1, -0.05) is 31.5 Å². The van der Waals surface area contributed by atoms with E-state index in [9.17, 15) is 5.11 Å². The molecule has 0 aliphatic rings. The second-order valence-electron chi connectivity index (χ2n) is 6.06. The van der Waals surface area contributed by atoms with Crippen molar-refractivity contribution >= 4 is 0 Å². The molecule has 0 fully saturated rings. The molecule has 0 heterocycles. The summed E-state index contributed by atoms with van der Waals surface area (Å²) in [5, 5.41) is 23.0. The third kappa shape index (κ3) is 4.30. The van der Waals surface area contributed by atoms with Crippen molar-refractivity contribution in [3.63, 3.8) is 0 Å². The lowest BCUT2D eigenvalue weighted by molar-refractivity contribution is 0.103. The molecule has 1 rings (SSSR count). The van der Waals surface area contributed by atoms with E-state index in [-0.39, 0.29) is 12.6 Å². The molecule has 0 amide bonds. The van der Waals surface area contributed by atoms with Gasteiger partial charge in [-0.3, -0.25) is 0 Å². The zero-order valence-electron chi connectivity index (χ0n) is 13.4. The number of hydrogen-bond acceptors (Lipinski definition) is 3. The maximum Gasteiger partial charge on any atom is 0.0950 e. The Morgan fingerprint density at radius 2 is 1.65 bits per heavy atom. The van der Waals surface area contributed by atoms with E-state index in [0.717, 1.165) is 23.2 Å². The summed E-state index contributed by atoms with van der Waals surface area (Å²) in [6.45, 7) is 11.3. The summed E-state index contributed by atoms with van der Waals surface area (Å²) in [5.74, 6) is 0.323. The molecule has 0 aliphatic carbocycles. The number of aryl methyl sites for hydroxylation is 3. The van der Waals surface area contributed by atoms with Gasteiger partial charge in [0.05, 0.1) is 6.10 Å². The van der Waals surface area contributed by atoms with E-state index in [1.54, 1.807) is 0 Å². The highest BCUT2D eigenvalue weighted by molar-refractivity contribution is 5.39. The van der Waals surface area contributed by atoms with Crippen LogP contribution in [-0.2, 0) is 0 Å². The minimum Gasteiger partial charge on any atom is -0.396 e. The SMILES string of the molecule is Cc1cc(C)c(C(O)C(NCCCO)C(C)C)c(C)c1. The highest BCUT2D eigenvalue weighted by atomic mass is 16.3.